The quantitative estimate of drug-likeness (QED) is 0.0860. The maximum Gasteiger partial charge on any atom is 0.328 e. The monoisotopic (exact) mass is 696 g/mol. The zero-order valence-electron chi connectivity index (χ0n) is 30.8. The molecule has 0 amide bonds. The summed E-state index contributed by atoms with van der Waals surface area (Å²) in [5.41, 5.74) is -0.0762. The lowest BCUT2D eigenvalue weighted by Gasteiger charge is -2.52. The number of rotatable bonds is 18. The van der Waals surface area contributed by atoms with Crippen LogP contribution in [-0.4, -0.2) is 49.6 Å². The fourth-order valence-corrected chi connectivity index (χ4v) is 7.13. The van der Waals surface area contributed by atoms with Crippen molar-refractivity contribution in [2.45, 2.75) is 136 Å². The molecule has 2 rings (SSSR count). The van der Waals surface area contributed by atoms with E-state index in [0.29, 0.717) is 11.1 Å². The van der Waals surface area contributed by atoms with Crippen molar-refractivity contribution in [1.82, 2.24) is 0 Å². The van der Waals surface area contributed by atoms with Crippen molar-refractivity contribution < 1.29 is 38.8 Å². The summed E-state index contributed by atoms with van der Waals surface area (Å²) in [5.74, 6) is 0. The van der Waals surface area contributed by atoms with Crippen LogP contribution in [-0.2, 0) is 36.3 Å². The zero-order valence-corrected chi connectivity index (χ0v) is 32.6. The molecule has 0 aliphatic heterocycles. The van der Waals surface area contributed by atoms with Gasteiger partial charge in [0.25, 0.3) is 0 Å². The molecule has 0 saturated heterocycles. The molecule has 0 fully saturated rings. The molecule has 2 aromatic carbocycles. The molecule has 0 radical (unpaired) electrons. The van der Waals surface area contributed by atoms with Crippen LogP contribution in [0, 0.1) is 5.41 Å². The van der Waals surface area contributed by atoms with E-state index in [2.05, 4.69) is 95.2 Å². The third kappa shape index (κ3) is 8.48. The van der Waals surface area contributed by atoms with E-state index in [1.807, 2.05) is 24.3 Å². The Labute approximate surface area is 286 Å². The van der Waals surface area contributed by atoms with Gasteiger partial charge in [0.1, 0.15) is 5.60 Å². The van der Waals surface area contributed by atoms with Gasteiger partial charge in [-0.15, -0.1) is 0 Å². The molecule has 47 heavy (non-hydrogen) atoms. The molecule has 0 saturated carbocycles. The van der Waals surface area contributed by atoms with Crippen LogP contribution in [0.25, 0.3) is 0 Å². The van der Waals surface area contributed by atoms with Crippen LogP contribution >= 0.6 is 17.2 Å². The van der Waals surface area contributed by atoms with Crippen molar-refractivity contribution in [3.05, 3.63) is 69.8 Å². The zero-order chi connectivity index (χ0) is 36.2. The first-order valence-corrected chi connectivity index (χ1v) is 19.2. The first kappa shape index (κ1) is 42.1. The average molecular weight is 697 g/mol. The van der Waals surface area contributed by atoms with E-state index >= 15 is 0 Å². The fraction of sp³-hybridized carbons (Fsp3) is 0.676. The minimum Gasteiger partial charge on any atom is -0.395 e. The molecule has 0 aliphatic rings. The van der Waals surface area contributed by atoms with E-state index in [1.54, 1.807) is 0 Å². The van der Waals surface area contributed by atoms with E-state index < -0.39 is 58.9 Å². The summed E-state index contributed by atoms with van der Waals surface area (Å²) in [6, 6.07) is 12.1. The average Bonchev–Trinajstić information content (AvgIpc) is 3.03. The molecule has 0 spiro atoms. The lowest BCUT2D eigenvalue weighted by Crippen LogP contribution is -2.57. The van der Waals surface area contributed by atoms with Gasteiger partial charge < -0.3 is 34.3 Å². The highest BCUT2D eigenvalue weighted by Crippen LogP contribution is 2.59. The van der Waals surface area contributed by atoms with Crippen LogP contribution in [0.5, 0.6) is 0 Å². The maximum atomic E-state index is 11.4. The van der Waals surface area contributed by atoms with Crippen LogP contribution in [0.1, 0.15) is 142 Å². The Morgan fingerprint density at radius 3 is 1.17 bits per heavy atom. The molecule has 6 N–H and O–H groups in total. The van der Waals surface area contributed by atoms with E-state index in [9.17, 15) is 29.8 Å². The van der Waals surface area contributed by atoms with Crippen molar-refractivity contribution >= 4 is 17.2 Å². The Kier molecular flexibility index (Phi) is 14.3. The smallest absolute Gasteiger partial charge is 0.328 e. The highest BCUT2D eigenvalue weighted by Gasteiger charge is 2.59. The van der Waals surface area contributed by atoms with Crippen molar-refractivity contribution in [2.24, 2.45) is 5.41 Å². The van der Waals surface area contributed by atoms with Gasteiger partial charge in [-0.3, -0.25) is 4.52 Å². The predicted octanol–water partition coefficient (Wildman–Crippen LogP) is 8.11. The van der Waals surface area contributed by atoms with Crippen molar-refractivity contribution in [1.29, 1.82) is 0 Å². The van der Waals surface area contributed by atoms with Gasteiger partial charge in [-0.25, -0.2) is 0 Å². The number of aliphatic hydroxyl groups is 2. The van der Waals surface area contributed by atoms with Gasteiger partial charge in [0.05, 0.1) is 25.2 Å². The number of aliphatic hydroxyl groups excluding tert-OH is 2. The molecule has 2 aromatic rings. The van der Waals surface area contributed by atoms with Crippen molar-refractivity contribution in [3.8, 4) is 0 Å². The summed E-state index contributed by atoms with van der Waals surface area (Å²) in [4.78, 5) is 41.7. The highest BCUT2D eigenvalue weighted by atomic mass is 31.2. The SMILES string of the molecule is CCC(C)(C)c1ccc(C(OP(O)O)(c2ccc(C(C)(C)CC)cc2C(C)(C)CC)C(CO)(CO)COP(O)O)c(C(C)(C)CC)c1. The number of hydrogen-bond acceptors (Lipinski definition) is 8. The largest absolute Gasteiger partial charge is 0.395 e. The number of hydrogen-bond donors (Lipinski definition) is 6. The second kappa shape index (κ2) is 15.9. The minimum absolute atomic E-state index is 0.179. The van der Waals surface area contributed by atoms with Gasteiger partial charge in [0, 0.05) is 0 Å². The molecule has 0 unspecified atom stereocenters. The normalized spacial score (nSPS) is 14.0. The summed E-state index contributed by atoms with van der Waals surface area (Å²) in [6.45, 7) is 23.6. The first-order valence-electron chi connectivity index (χ1n) is 16.8. The van der Waals surface area contributed by atoms with Gasteiger partial charge in [-0.2, -0.15) is 0 Å². The molecular formula is C37H62O8P2. The van der Waals surface area contributed by atoms with Crippen molar-refractivity contribution in [2.75, 3.05) is 19.8 Å². The molecule has 0 bridgehead atoms. The molecule has 8 nitrogen and oxygen atoms in total. The second-order valence-corrected chi connectivity index (χ2v) is 17.1. The molecule has 0 atom stereocenters. The Hall–Kier alpha value is -1.02. The van der Waals surface area contributed by atoms with Gasteiger partial charge in [-0.05, 0) is 80.7 Å². The van der Waals surface area contributed by atoms with Crippen LogP contribution < -0.4 is 0 Å². The summed E-state index contributed by atoms with van der Waals surface area (Å²) < 4.78 is 11.9. The van der Waals surface area contributed by atoms with Crippen LogP contribution in [0.4, 0.5) is 0 Å². The molecule has 0 aromatic heterocycles. The van der Waals surface area contributed by atoms with Gasteiger partial charge in [0.2, 0.25) is 0 Å². The second-order valence-electron chi connectivity index (χ2n) is 15.6. The Bertz CT molecular complexity index is 1240. The van der Waals surface area contributed by atoms with Crippen LogP contribution in [0.15, 0.2) is 36.4 Å². The molecule has 10 heteroatoms. The summed E-state index contributed by atoms with van der Waals surface area (Å²) in [5, 5.41) is 22.7. The summed E-state index contributed by atoms with van der Waals surface area (Å²) >= 11 is 0. The lowest BCUT2D eigenvalue weighted by atomic mass is 9.59. The first-order chi connectivity index (χ1) is 21.6. The lowest BCUT2D eigenvalue weighted by molar-refractivity contribution is -0.122. The summed E-state index contributed by atoms with van der Waals surface area (Å²) in [7, 11) is -6.00. The van der Waals surface area contributed by atoms with Gasteiger partial charge >= 0.3 is 17.2 Å². The van der Waals surface area contributed by atoms with Gasteiger partial charge in [-0.1, -0.05) is 119 Å². The highest BCUT2D eigenvalue weighted by molar-refractivity contribution is 7.39. The molecule has 268 valence electrons. The molecule has 0 heterocycles. The van der Waals surface area contributed by atoms with E-state index in [-0.39, 0.29) is 10.8 Å². The Balaban J connectivity index is 3.48. The summed E-state index contributed by atoms with van der Waals surface area (Å²) in [6.07, 6.45) is 3.19. The molecular weight excluding hydrogens is 634 g/mol. The topological polar surface area (TPSA) is 140 Å². The maximum absolute atomic E-state index is 11.4. The fourth-order valence-electron chi connectivity index (χ4n) is 6.13. The van der Waals surface area contributed by atoms with Gasteiger partial charge in [0.15, 0.2) is 0 Å². The van der Waals surface area contributed by atoms with Crippen LogP contribution in [0.2, 0.25) is 0 Å². The molecule has 0 aliphatic carbocycles. The third-order valence-electron chi connectivity index (χ3n) is 11.4. The van der Waals surface area contributed by atoms with Crippen LogP contribution in [0.3, 0.4) is 0 Å². The van der Waals surface area contributed by atoms with E-state index in [4.69, 9.17) is 9.05 Å². The number of benzene rings is 2. The minimum atomic E-state index is -3.11. The Morgan fingerprint density at radius 2 is 0.894 bits per heavy atom. The standard InChI is InChI=1S/C37H62O8P2/c1-13-32(5,6)26-17-19-28(30(21-26)34(9,10)15-3)37(45-47(42)43,36(23-38,24-39)25-44-46(40)41)29-20-18-27(33(7,8)14-2)22-31(29)35(11,12)16-4/h17-22,38-43H,13-16,23-25H2,1-12H3. The van der Waals surface area contributed by atoms with Crippen molar-refractivity contribution in [3.63, 3.8) is 0 Å². The third-order valence-corrected chi connectivity index (χ3v) is 12.2. The van der Waals surface area contributed by atoms with E-state index in [0.717, 1.165) is 47.9 Å². The predicted molar refractivity (Wildman–Crippen MR) is 193 cm³/mol. The Morgan fingerprint density at radius 1 is 0.532 bits per heavy atom. The van der Waals surface area contributed by atoms with E-state index in [1.165, 1.54) is 0 Å².